The topological polar surface area (TPSA) is 73.2 Å². The molecule has 2 aromatic rings. The van der Waals surface area contributed by atoms with Crippen molar-refractivity contribution in [3.63, 3.8) is 0 Å². The molecule has 1 aromatic heterocycles. The first-order valence-corrected chi connectivity index (χ1v) is 6.55. The molecule has 0 aliphatic heterocycles. The zero-order valence-electron chi connectivity index (χ0n) is 12.1. The number of ether oxygens (including phenoxy) is 1. The number of benzene rings is 1. The molecule has 1 aromatic carbocycles. The predicted octanol–water partition coefficient (Wildman–Crippen LogP) is 1.75. The number of para-hydroxylation sites is 2. The van der Waals surface area contributed by atoms with Gasteiger partial charge in [0.25, 0.3) is 0 Å². The van der Waals surface area contributed by atoms with Crippen LogP contribution in [0.4, 0.5) is 8.78 Å². The zero-order valence-corrected chi connectivity index (χ0v) is 12.1. The Morgan fingerprint density at radius 3 is 2.78 bits per heavy atom. The molecule has 0 spiro atoms. The third kappa shape index (κ3) is 4.00. The summed E-state index contributed by atoms with van der Waals surface area (Å²) < 4.78 is 30.5. The van der Waals surface area contributed by atoms with E-state index < -0.39 is 17.8 Å². The fourth-order valence-electron chi connectivity index (χ4n) is 1.79. The lowest BCUT2D eigenvalue weighted by atomic mass is 10.2. The first-order chi connectivity index (χ1) is 11.0. The average molecular weight is 321 g/mol. The standard InChI is InChI=1S/C15H13F2N3O3/c1-18-8-6-11(21)14-12(22)7-9-20(19-14)10-4-2-3-5-13(10)23-15(16)17/h2-9,15,18H,1H3. The second-order valence-electron chi connectivity index (χ2n) is 4.31. The maximum atomic E-state index is 12.5. The lowest BCUT2D eigenvalue weighted by Crippen LogP contribution is -2.20. The number of ketones is 1. The molecule has 1 heterocycles. The summed E-state index contributed by atoms with van der Waals surface area (Å²) in [6, 6.07) is 7.06. The van der Waals surface area contributed by atoms with E-state index in [0.29, 0.717) is 0 Å². The van der Waals surface area contributed by atoms with E-state index in [1.807, 2.05) is 0 Å². The Hall–Kier alpha value is -3.03. The van der Waals surface area contributed by atoms with Crippen molar-refractivity contribution in [3.05, 3.63) is 64.7 Å². The van der Waals surface area contributed by atoms with Gasteiger partial charge < -0.3 is 10.1 Å². The quantitative estimate of drug-likeness (QED) is 0.648. The predicted molar refractivity (Wildman–Crippen MR) is 79.0 cm³/mol. The molecule has 8 heteroatoms. The Kier molecular flexibility index (Phi) is 5.19. The molecule has 120 valence electrons. The smallest absolute Gasteiger partial charge is 0.387 e. The number of halogens is 2. The maximum absolute atomic E-state index is 12.5. The van der Waals surface area contributed by atoms with E-state index in [0.717, 1.165) is 16.8 Å². The summed E-state index contributed by atoms with van der Waals surface area (Å²) in [5.41, 5.74) is -0.718. The highest BCUT2D eigenvalue weighted by Crippen LogP contribution is 2.23. The van der Waals surface area contributed by atoms with Crippen molar-refractivity contribution in [2.75, 3.05) is 7.05 Å². The molecule has 0 saturated heterocycles. The van der Waals surface area contributed by atoms with Gasteiger partial charge >= 0.3 is 6.61 Å². The number of nitrogens with zero attached hydrogens (tertiary/aromatic N) is 2. The van der Waals surface area contributed by atoms with Crippen LogP contribution in [0.3, 0.4) is 0 Å². The number of carbonyl (C=O) groups is 1. The van der Waals surface area contributed by atoms with Gasteiger partial charge in [-0.05, 0) is 12.1 Å². The molecule has 2 rings (SSSR count). The van der Waals surface area contributed by atoms with Gasteiger partial charge in [-0.1, -0.05) is 12.1 Å². The van der Waals surface area contributed by atoms with E-state index in [1.165, 1.54) is 30.6 Å². The monoisotopic (exact) mass is 321 g/mol. The van der Waals surface area contributed by atoms with E-state index in [2.05, 4.69) is 15.2 Å². The van der Waals surface area contributed by atoms with Crippen molar-refractivity contribution in [3.8, 4) is 11.4 Å². The molecule has 0 radical (unpaired) electrons. The van der Waals surface area contributed by atoms with Crippen molar-refractivity contribution in [2.24, 2.45) is 0 Å². The zero-order chi connectivity index (χ0) is 16.8. The van der Waals surface area contributed by atoms with Gasteiger partial charge in [-0.2, -0.15) is 13.9 Å². The number of alkyl halides is 2. The number of hydrogen-bond donors (Lipinski definition) is 1. The fourth-order valence-corrected chi connectivity index (χ4v) is 1.79. The fraction of sp³-hybridized carbons (Fsp3) is 0.133. The van der Waals surface area contributed by atoms with Gasteiger partial charge in [0, 0.05) is 31.6 Å². The summed E-state index contributed by atoms with van der Waals surface area (Å²) >= 11 is 0. The van der Waals surface area contributed by atoms with Crippen LogP contribution < -0.4 is 15.5 Å². The average Bonchev–Trinajstić information content (AvgIpc) is 2.53. The van der Waals surface area contributed by atoms with Crippen LogP contribution in [0.25, 0.3) is 5.69 Å². The minimum Gasteiger partial charge on any atom is -0.433 e. The number of nitrogens with one attached hydrogen (secondary N) is 1. The number of hydrogen-bond acceptors (Lipinski definition) is 5. The van der Waals surface area contributed by atoms with E-state index in [9.17, 15) is 18.4 Å². The summed E-state index contributed by atoms with van der Waals surface area (Å²) in [6.07, 6.45) is 3.78. The minimum atomic E-state index is -3.00. The second kappa shape index (κ2) is 7.30. The van der Waals surface area contributed by atoms with Crippen LogP contribution in [0.1, 0.15) is 10.5 Å². The van der Waals surface area contributed by atoms with Crippen molar-refractivity contribution in [1.29, 1.82) is 0 Å². The molecule has 0 aliphatic carbocycles. The molecular weight excluding hydrogens is 308 g/mol. The number of rotatable bonds is 6. The Balaban J connectivity index is 2.48. The van der Waals surface area contributed by atoms with Gasteiger partial charge in [0.1, 0.15) is 5.69 Å². The minimum absolute atomic E-state index is 0.122. The Bertz CT molecular complexity index is 788. The second-order valence-corrected chi connectivity index (χ2v) is 4.31. The Morgan fingerprint density at radius 1 is 1.35 bits per heavy atom. The van der Waals surface area contributed by atoms with E-state index in [-0.39, 0.29) is 17.1 Å². The number of carbonyl (C=O) groups excluding carboxylic acids is 1. The van der Waals surface area contributed by atoms with Crippen LogP contribution >= 0.6 is 0 Å². The molecule has 0 amide bonds. The normalized spacial score (nSPS) is 11.0. The van der Waals surface area contributed by atoms with Crippen LogP contribution in [-0.2, 0) is 0 Å². The van der Waals surface area contributed by atoms with Crippen molar-refractivity contribution in [1.82, 2.24) is 15.1 Å². The molecule has 1 N–H and O–H groups in total. The maximum Gasteiger partial charge on any atom is 0.387 e. The number of allylic oxidation sites excluding steroid dienone is 1. The van der Waals surface area contributed by atoms with Gasteiger partial charge in [0.05, 0.1) is 0 Å². The number of aromatic nitrogens is 2. The summed E-state index contributed by atoms with van der Waals surface area (Å²) in [5, 5.41) is 6.54. The highest BCUT2D eigenvalue weighted by atomic mass is 19.3. The summed E-state index contributed by atoms with van der Waals surface area (Å²) in [4.78, 5) is 23.7. The molecule has 0 bridgehead atoms. The van der Waals surface area contributed by atoms with Gasteiger partial charge in [-0.15, -0.1) is 0 Å². The summed E-state index contributed by atoms with van der Waals surface area (Å²) in [7, 11) is 1.60. The largest absolute Gasteiger partial charge is 0.433 e. The Morgan fingerprint density at radius 2 is 2.09 bits per heavy atom. The first-order valence-electron chi connectivity index (χ1n) is 6.55. The van der Waals surface area contributed by atoms with E-state index in [1.54, 1.807) is 13.1 Å². The molecule has 0 unspecified atom stereocenters. The van der Waals surface area contributed by atoms with E-state index >= 15 is 0 Å². The van der Waals surface area contributed by atoms with Crippen LogP contribution in [0.2, 0.25) is 0 Å². The molecular formula is C15H13F2N3O3. The molecule has 23 heavy (non-hydrogen) atoms. The van der Waals surface area contributed by atoms with Gasteiger partial charge in [-0.25, -0.2) is 4.68 Å². The highest BCUT2D eigenvalue weighted by Gasteiger charge is 2.14. The Labute approximate surface area is 130 Å². The summed E-state index contributed by atoms with van der Waals surface area (Å²) in [5.74, 6) is -0.728. The lowest BCUT2D eigenvalue weighted by molar-refractivity contribution is -0.0499. The molecule has 0 saturated carbocycles. The molecule has 0 aliphatic rings. The first kappa shape index (κ1) is 16.3. The third-order valence-electron chi connectivity index (χ3n) is 2.77. The van der Waals surface area contributed by atoms with Crippen LogP contribution in [0, 0.1) is 0 Å². The third-order valence-corrected chi connectivity index (χ3v) is 2.77. The van der Waals surface area contributed by atoms with Crippen LogP contribution in [-0.4, -0.2) is 29.2 Å². The van der Waals surface area contributed by atoms with Gasteiger partial charge in [0.15, 0.2) is 11.4 Å². The SMILES string of the molecule is CNC=CC(=O)c1nn(-c2ccccc2OC(F)F)ccc1=O. The van der Waals surface area contributed by atoms with Crippen molar-refractivity contribution < 1.29 is 18.3 Å². The van der Waals surface area contributed by atoms with Crippen molar-refractivity contribution >= 4 is 5.78 Å². The molecule has 6 nitrogen and oxygen atoms in total. The highest BCUT2D eigenvalue weighted by molar-refractivity contribution is 6.02. The van der Waals surface area contributed by atoms with Crippen LogP contribution in [0.5, 0.6) is 5.75 Å². The summed E-state index contributed by atoms with van der Waals surface area (Å²) in [6.45, 7) is -3.00. The van der Waals surface area contributed by atoms with Crippen LogP contribution in [0.15, 0.2) is 53.6 Å². The van der Waals surface area contributed by atoms with Crippen molar-refractivity contribution in [2.45, 2.75) is 6.61 Å². The lowest BCUT2D eigenvalue weighted by Gasteiger charge is -2.12. The van der Waals surface area contributed by atoms with Gasteiger partial charge in [0.2, 0.25) is 11.2 Å². The van der Waals surface area contributed by atoms with Gasteiger partial charge in [-0.3, -0.25) is 9.59 Å². The molecule has 0 fully saturated rings. The molecule has 0 atom stereocenters. The van der Waals surface area contributed by atoms with E-state index in [4.69, 9.17) is 0 Å².